The maximum Gasteiger partial charge on any atom is 0.270 e. The summed E-state index contributed by atoms with van der Waals surface area (Å²) in [5, 5.41) is 2.69. The fourth-order valence-corrected chi connectivity index (χ4v) is 5.02. The molecule has 2 fully saturated rings. The number of carbonyl (C=O) groups excluding carboxylic acids is 2. The van der Waals surface area contributed by atoms with Crippen LogP contribution in [0.1, 0.15) is 17.0 Å². The lowest BCUT2D eigenvalue weighted by Crippen LogP contribution is -2.54. The zero-order valence-corrected chi connectivity index (χ0v) is 21.8. The molecule has 0 saturated carbocycles. The molecule has 1 N–H and O–H groups in total. The summed E-state index contributed by atoms with van der Waals surface area (Å²) in [6.07, 6.45) is 1.64. The Labute approximate surface area is 221 Å². The minimum Gasteiger partial charge on any atom is -0.497 e. The van der Waals surface area contributed by atoms with Crippen molar-refractivity contribution < 1.29 is 19.1 Å². The van der Waals surface area contributed by atoms with Crippen LogP contribution < -0.4 is 19.9 Å². The van der Waals surface area contributed by atoms with Gasteiger partial charge in [0.2, 0.25) is 0 Å². The van der Waals surface area contributed by atoms with Gasteiger partial charge in [0.15, 0.2) is 5.11 Å². The average Bonchev–Trinajstić information content (AvgIpc) is 3.19. The standard InChI is InChI=1S/C28H28N4O4S/c1-18-16-20(19(2)31(18)22-6-4-21(5-7-22)30-12-14-36-15-13-30)17-25-26(33)29-28(37)32(27(25)34)23-8-10-24(35-3)11-9-23/h4-11,16-17H,12-15H2,1-3H3,(H,29,33,37)/b25-17+. The predicted octanol–water partition coefficient (Wildman–Crippen LogP) is 3.77. The number of aryl methyl sites for hydroxylation is 1. The number of nitrogens with zero attached hydrogens (tertiary/aromatic N) is 3. The number of ether oxygens (including phenoxy) is 2. The van der Waals surface area contributed by atoms with E-state index in [2.05, 4.69) is 39.0 Å². The van der Waals surface area contributed by atoms with Gasteiger partial charge in [0.25, 0.3) is 11.8 Å². The molecule has 2 aliphatic rings. The van der Waals surface area contributed by atoms with Gasteiger partial charge >= 0.3 is 0 Å². The fraction of sp³-hybridized carbons (Fsp3) is 0.250. The number of thiocarbonyl (C=S) groups is 1. The van der Waals surface area contributed by atoms with Crippen molar-refractivity contribution in [1.82, 2.24) is 9.88 Å². The molecule has 0 unspecified atom stereocenters. The predicted molar refractivity (Wildman–Crippen MR) is 147 cm³/mol. The molecule has 1 aromatic heterocycles. The van der Waals surface area contributed by atoms with Crippen LogP contribution in [0.4, 0.5) is 11.4 Å². The lowest BCUT2D eigenvalue weighted by Gasteiger charge is -2.29. The number of morpholine rings is 1. The zero-order valence-electron chi connectivity index (χ0n) is 21.0. The second-order valence-electron chi connectivity index (χ2n) is 8.93. The molecule has 2 amide bonds. The molecule has 0 spiro atoms. The van der Waals surface area contributed by atoms with Crippen LogP contribution in [0.2, 0.25) is 0 Å². The Bertz CT molecular complexity index is 1390. The van der Waals surface area contributed by atoms with Crippen molar-refractivity contribution in [2.45, 2.75) is 13.8 Å². The number of amides is 2. The van der Waals surface area contributed by atoms with Crippen molar-refractivity contribution in [3.63, 3.8) is 0 Å². The molecule has 5 rings (SSSR count). The van der Waals surface area contributed by atoms with E-state index in [4.69, 9.17) is 21.7 Å². The largest absolute Gasteiger partial charge is 0.497 e. The van der Waals surface area contributed by atoms with Crippen LogP contribution in [0.25, 0.3) is 11.8 Å². The molecule has 190 valence electrons. The highest BCUT2D eigenvalue weighted by atomic mass is 32.1. The van der Waals surface area contributed by atoms with Crippen molar-refractivity contribution in [3.05, 3.63) is 77.1 Å². The summed E-state index contributed by atoms with van der Waals surface area (Å²) in [7, 11) is 1.57. The molecule has 9 heteroatoms. The summed E-state index contributed by atoms with van der Waals surface area (Å²) in [6, 6.07) is 17.3. The van der Waals surface area contributed by atoms with Gasteiger partial charge in [-0.2, -0.15) is 0 Å². The first-order chi connectivity index (χ1) is 17.9. The van der Waals surface area contributed by atoms with E-state index >= 15 is 0 Å². The van der Waals surface area contributed by atoms with Gasteiger partial charge in [-0.25, -0.2) is 0 Å². The summed E-state index contributed by atoms with van der Waals surface area (Å²) < 4.78 is 12.8. The van der Waals surface area contributed by atoms with Gasteiger partial charge in [-0.3, -0.25) is 19.8 Å². The topological polar surface area (TPSA) is 76.0 Å². The molecular weight excluding hydrogens is 488 g/mol. The van der Waals surface area contributed by atoms with E-state index < -0.39 is 11.8 Å². The summed E-state index contributed by atoms with van der Waals surface area (Å²) >= 11 is 5.31. The number of rotatable bonds is 5. The van der Waals surface area contributed by atoms with E-state index in [9.17, 15) is 9.59 Å². The van der Waals surface area contributed by atoms with E-state index in [0.29, 0.717) is 11.4 Å². The van der Waals surface area contributed by atoms with E-state index in [1.165, 1.54) is 4.90 Å². The van der Waals surface area contributed by atoms with E-state index in [1.54, 1.807) is 37.5 Å². The first-order valence-corrected chi connectivity index (χ1v) is 12.5. The van der Waals surface area contributed by atoms with Crippen molar-refractivity contribution >= 4 is 46.6 Å². The summed E-state index contributed by atoms with van der Waals surface area (Å²) in [5.74, 6) is -0.331. The molecule has 3 aromatic rings. The Kier molecular flexibility index (Phi) is 6.82. The average molecular weight is 517 g/mol. The van der Waals surface area contributed by atoms with Crippen LogP contribution in [-0.2, 0) is 14.3 Å². The van der Waals surface area contributed by atoms with Crippen LogP contribution in [0.15, 0.2) is 60.2 Å². The second kappa shape index (κ2) is 10.2. The van der Waals surface area contributed by atoms with Gasteiger partial charge in [0, 0.05) is 35.9 Å². The lowest BCUT2D eigenvalue weighted by molar-refractivity contribution is -0.122. The van der Waals surface area contributed by atoms with E-state index in [1.807, 2.05) is 19.9 Å². The van der Waals surface area contributed by atoms with Gasteiger partial charge in [0.1, 0.15) is 11.3 Å². The highest BCUT2D eigenvalue weighted by molar-refractivity contribution is 7.80. The Morgan fingerprint density at radius 3 is 2.22 bits per heavy atom. The van der Waals surface area contributed by atoms with Crippen LogP contribution >= 0.6 is 12.2 Å². The van der Waals surface area contributed by atoms with Crippen molar-refractivity contribution in [2.75, 3.05) is 43.2 Å². The number of nitrogens with one attached hydrogen (secondary N) is 1. The Morgan fingerprint density at radius 2 is 1.57 bits per heavy atom. The number of methoxy groups -OCH3 is 1. The number of benzene rings is 2. The number of anilines is 2. The van der Waals surface area contributed by atoms with Crippen LogP contribution in [0.5, 0.6) is 5.75 Å². The number of hydrogen-bond donors (Lipinski definition) is 1. The molecule has 0 atom stereocenters. The number of aromatic nitrogens is 1. The summed E-state index contributed by atoms with van der Waals surface area (Å²) in [5.41, 5.74) is 5.45. The highest BCUT2D eigenvalue weighted by Crippen LogP contribution is 2.28. The molecule has 2 saturated heterocycles. The fourth-order valence-electron chi connectivity index (χ4n) is 4.74. The van der Waals surface area contributed by atoms with Crippen molar-refractivity contribution in [3.8, 4) is 11.4 Å². The third-order valence-electron chi connectivity index (χ3n) is 6.69. The quantitative estimate of drug-likeness (QED) is 0.316. The zero-order chi connectivity index (χ0) is 26.1. The summed E-state index contributed by atoms with van der Waals surface area (Å²) in [6.45, 7) is 7.22. The van der Waals surface area contributed by atoms with Crippen LogP contribution in [-0.4, -0.2) is 54.9 Å². The number of hydrogen-bond acceptors (Lipinski definition) is 6. The maximum absolute atomic E-state index is 13.4. The SMILES string of the molecule is COc1ccc(N2C(=O)/C(=C/c3cc(C)n(-c4ccc(N5CCOCC5)cc4)c3C)C(=O)NC2=S)cc1. The third kappa shape index (κ3) is 4.75. The Morgan fingerprint density at radius 1 is 0.946 bits per heavy atom. The monoisotopic (exact) mass is 516 g/mol. The first-order valence-electron chi connectivity index (χ1n) is 12.0. The molecule has 0 aliphatic carbocycles. The minimum absolute atomic E-state index is 0.0207. The molecule has 37 heavy (non-hydrogen) atoms. The second-order valence-corrected chi connectivity index (χ2v) is 9.32. The molecule has 2 aromatic carbocycles. The van der Waals surface area contributed by atoms with Gasteiger partial charge in [0.05, 0.1) is 26.0 Å². The summed E-state index contributed by atoms with van der Waals surface area (Å²) in [4.78, 5) is 29.9. The van der Waals surface area contributed by atoms with Gasteiger partial charge in [-0.1, -0.05) is 0 Å². The molecule has 3 heterocycles. The molecule has 0 bridgehead atoms. The Balaban J connectivity index is 1.45. The normalized spacial score (nSPS) is 17.4. The van der Waals surface area contributed by atoms with Crippen molar-refractivity contribution in [1.29, 1.82) is 0 Å². The molecule has 8 nitrogen and oxygen atoms in total. The maximum atomic E-state index is 13.4. The minimum atomic E-state index is -0.514. The molecule has 0 radical (unpaired) electrons. The molecule has 2 aliphatic heterocycles. The molecular formula is C28H28N4O4S. The number of carbonyl (C=O) groups is 2. The van der Waals surface area contributed by atoms with Crippen molar-refractivity contribution in [2.24, 2.45) is 0 Å². The van der Waals surface area contributed by atoms with Gasteiger partial charge in [-0.05, 0) is 92.3 Å². The van der Waals surface area contributed by atoms with E-state index in [-0.39, 0.29) is 10.7 Å². The smallest absolute Gasteiger partial charge is 0.270 e. The van der Waals surface area contributed by atoms with E-state index in [0.717, 1.165) is 54.6 Å². The first kappa shape index (κ1) is 24.7. The van der Waals surface area contributed by atoms with Crippen LogP contribution in [0.3, 0.4) is 0 Å². The third-order valence-corrected chi connectivity index (χ3v) is 6.97. The van der Waals surface area contributed by atoms with Gasteiger partial charge in [-0.15, -0.1) is 0 Å². The van der Waals surface area contributed by atoms with Gasteiger partial charge < -0.3 is 18.9 Å². The highest BCUT2D eigenvalue weighted by Gasteiger charge is 2.34. The lowest BCUT2D eigenvalue weighted by atomic mass is 10.1. The van der Waals surface area contributed by atoms with Crippen LogP contribution in [0, 0.1) is 13.8 Å². The Hall–Kier alpha value is -3.95.